The van der Waals surface area contributed by atoms with Crippen molar-refractivity contribution in [3.63, 3.8) is 0 Å². The second kappa shape index (κ2) is 9.62. The first-order chi connectivity index (χ1) is 16.3. The Morgan fingerprint density at radius 2 is 1.71 bits per heavy atom. The van der Waals surface area contributed by atoms with E-state index in [2.05, 4.69) is 5.32 Å². The molecule has 2 amide bonds. The fourth-order valence-corrected chi connectivity index (χ4v) is 3.71. The number of nitrogens with zero attached hydrogens (tertiary/aromatic N) is 2. The molecular weight excluding hydrogens is 438 g/mol. The Kier molecular flexibility index (Phi) is 6.44. The molecule has 9 nitrogen and oxygen atoms in total. The topological polar surface area (TPSA) is 111 Å². The molecule has 0 aliphatic carbocycles. The van der Waals surface area contributed by atoms with Gasteiger partial charge in [0.25, 0.3) is 5.69 Å². The van der Waals surface area contributed by atoms with Gasteiger partial charge in [-0.1, -0.05) is 17.7 Å². The number of methoxy groups -OCH3 is 1. The van der Waals surface area contributed by atoms with Crippen molar-refractivity contribution in [2.75, 3.05) is 23.9 Å². The molecule has 3 aromatic rings. The smallest absolute Gasteiger partial charge is 0.273 e. The maximum absolute atomic E-state index is 12.8. The Hall–Kier alpha value is -4.40. The van der Waals surface area contributed by atoms with Gasteiger partial charge in [-0.05, 0) is 49.4 Å². The summed E-state index contributed by atoms with van der Waals surface area (Å²) in [5, 5.41) is 13.8. The van der Waals surface area contributed by atoms with Gasteiger partial charge in [-0.15, -0.1) is 0 Å². The van der Waals surface area contributed by atoms with Crippen LogP contribution in [0.1, 0.15) is 12.0 Å². The van der Waals surface area contributed by atoms with Gasteiger partial charge in [0.1, 0.15) is 17.2 Å². The van der Waals surface area contributed by atoms with Crippen molar-refractivity contribution >= 4 is 28.9 Å². The number of anilines is 2. The summed E-state index contributed by atoms with van der Waals surface area (Å²) < 4.78 is 11.0. The molecule has 0 aromatic heterocycles. The number of nitro groups is 1. The number of non-ortho nitro benzene ring substituents is 1. The summed E-state index contributed by atoms with van der Waals surface area (Å²) in [5.74, 6) is 0.435. The van der Waals surface area contributed by atoms with Gasteiger partial charge in [0, 0.05) is 24.7 Å². The van der Waals surface area contributed by atoms with Gasteiger partial charge < -0.3 is 19.7 Å². The van der Waals surface area contributed by atoms with E-state index in [0.29, 0.717) is 22.9 Å². The van der Waals surface area contributed by atoms with Crippen LogP contribution in [0.15, 0.2) is 66.7 Å². The van der Waals surface area contributed by atoms with Crippen LogP contribution in [0.4, 0.5) is 17.1 Å². The number of amides is 2. The summed E-state index contributed by atoms with van der Waals surface area (Å²) >= 11 is 0. The predicted molar refractivity (Wildman–Crippen MR) is 126 cm³/mol. The Balaban J connectivity index is 1.40. The van der Waals surface area contributed by atoms with E-state index in [1.807, 2.05) is 31.2 Å². The van der Waals surface area contributed by atoms with E-state index >= 15 is 0 Å². The summed E-state index contributed by atoms with van der Waals surface area (Å²) in [5.41, 5.74) is 1.98. The van der Waals surface area contributed by atoms with Crippen LogP contribution in [0.25, 0.3) is 0 Å². The Morgan fingerprint density at radius 3 is 2.32 bits per heavy atom. The molecule has 3 aromatic carbocycles. The summed E-state index contributed by atoms with van der Waals surface area (Å²) in [6, 6.07) is 18.7. The third-order valence-electron chi connectivity index (χ3n) is 5.54. The van der Waals surface area contributed by atoms with E-state index < -0.39 is 10.8 Å². The fourth-order valence-electron chi connectivity index (χ4n) is 3.71. The molecular formula is C25H23N3O6. The van der Waals surface area contributed by atoms with Crippen LogP contribution < -0.4 is 19.7 Å². The summed E-state index contributed by atoms with van der Waals surface area (Å²) in [6.45, 7) is 2.15. The van der Waals surface area contributed by atoms with Gasteiger partial charge in [-0.2, -0.15) is 0 Å². The van der Waals surface area contributed by atoms with Crippen molar-refractivity contribution in [2.45, 2.75) is 13.3 Å². The minimum absolute atomic E-state index is 0.0284. The van der Waals surface area contributed by atoms with Crippen LogP contribution in [0.3, 0.4) is 0 Å². The van der Waals surface area contributed by atoms with Crippen molar-refractivity contribution < 1.29 is 24.0 Å². The van der Waals surface area contributed by atoms with Crippen molar-refractivity contribution in [3.8, 4) is 17.2 Å². The van der Waals surface area contributed by atoms with Gasteiger partial charge in [0.05, 0.1) is 29.7 Å². The molecule has 1 aliphatic heterocycles. The number of nitrogens with one attached hydrogen (secondary N) is 1. The molecule has 1 N–H and O–H groups in total. The molecule has 0 unspecified atom stereocenters. The molecule has 9 heteroatoms. The van der Waals surface area contributed by atoms with E-state index in [1.165, 1.54) is 30.2 Å². The number of rotatable bonds is 7. The molecule has 0 spiro atoms. The van der Waals surface area contributed by atoms with E-state index in [9.17, 15) is 19.7 Å². The standard InChI is InChI=1S/C25H23N3O6/c1-16-3-8-20(9-4-16)34-21-10-5-18(6-11-21)26-25(30)17-13-24(29)27(15-17)22-12-7-19(28(31)32)14-23(22)33-2/h3-12,14,17H,13,15H2,1-2H3,(H,26,30)/t17-/m0/s1. The van der Waals surface area contributed by atoms with E-state index in [0.717, 1.165) is 5.56 Å². The lowest BCUT2D eigenvalue weighted by Gasteiger charge is -2.19. The highest BCUT2D eigenvalue weighted by atomic mass is 16.6. The first kappa shape index (κ1) is 22.8. The average Bonchev–Trinajstić information content (AvgIpc) is 3.22. The molecule has 1 atom stereocenters. The van der Waals surface area contributed by atoms with Crippen LogP contribution in [-0.2, 0) is 9.59 Å². The lowest BCUT2D eigenvalue weighted by Crippen LogP contribution is -2.28. The highest BCUT2D eigenvalue weighted by Crippen LogP contribution is 2.36. The summed E-state index contributed by atoms with van der Waals surface area (Å²) in [6.07, 6.45) is 0.0284. The molecule has 1 heterocycles. The second-order valence-electron chi connectivity index (χ2n) is 7.95. The van der Waals surface area contributed by atoms with Crippen LogP contribution in [0.5, 0.6) is 17.2 Å². The molecule has 34 heavy (non-hydrogen) atoms. The van der Waals surface area contributed by atoms with E-state index in [1.54, 1.807) is 24.3 Å². The lowest BCUT2D eigenvalue weighted by atomic mass is 10.1. The van der Waals surface area contributed by atoms with Gasteiger partial charge >= 0.3 is 0 Å². The highest BCUT2D eigenvalue weighted by Gasteiger charge is 2.36. The molecule has 1 aliphatic rings. The largest absolute Gasteiger partial charge is 0.494 e. The molecule has 1 saturated heterocycles. The predicted octanol–water partition coefficient (Wildman–Crippen LogP) is 4.70. The first-order valence-corrected chi connectivity index (χ1v) is 10.6. The number of carbonyl (C=O) groups is 2. The molecule has 0 saturated carbocycles. The molecule has 0 radical (unpaired) electrons. The average molecular weight is 461 g/mol. The Morgan fingerprint density at radius 1 is 1.06 bits per heavy atom. The number of aryl methyl sites for hydroxylation is 1. The third-order valence-corrected chi connectivity index (χ3v) is 5.54. The van der Waals surface area contributed by atoms with Crippen LogP contribution >= 0.6 is 0 Å². The minimum atomic E-state index is -0.573. The Labute approximate surface area is 196 Å². The number of benzene rings is 3. The van der Waals surface area contributed by atoms with Gasteiger partial charge in [-0.3, -0.25) is 19.7 Å². The zero-order valence-corrected chi connectivity index (χ0v) is 18.7. The number of carbonyl (C=O) groups excluding carboxylic acids is 2. The lowest BCUT2D eigenvalue weighted by molar-refractivity contribution is -0.384. The summed E-state index contributed by atoms with van der Waals surface area (Å²) in [7, 11) is 1.37. The SMILES string of the molecule is COc1cc([N+](=O)[O-])ccc1N1C[C@@H](C(=O)Nc2ccc(Oc3ccc(C)cc3)cc2)CC1=O. The molecule has 0 bridgehead atoms. The highest BCUT2D eigenvalue weighted by molar-refractivity contribution is 6.04. The first-order valence-electron chi connectivity index (χ1n) is 10.6. The number of ether oxygens (including phenoxy) is 2. The normalized spacial score (nSPS) is 15.2. The van der Waals surface area contributed by atoms with Gasteiger partial charge in [0.2, 0.25) is 11.8 Å². The summed E-state index contributed by atoms with van der Waals surface area (Å²) in [4.78, 5) is 37.3. The van der Waals surface area contributed by atoms with Crippen LogP contribution in [-0.4, -0.2) is 30.4 Å². The molecule has 174 valence electrons. The molecule has 4 rings (SSSR count). The minimum Gasteiger partial charge on any atom is -0.494 e. The van der Waals surface area contributed by atoms with Gasteiger partial charge in [-0.25, -0.2) is 0 Å². The van der Waals surface area contributed by atoms with Crippen molar-refractivity contribution in [1.82, 2.24) is 0 Å². The quantitative estimate of drug-likeness (QED) is 0.403. The van der Waals surface area contributed by atoms with E-state index in [-0.39, 0.29) is 36.2 Å². The van der Waals surface area contributed by atoms with Crippen LogP contribution in [0, 0.1) is 23.0 Å². The van der Waals surface area contributed by atoms with Crippen molar-refractivity contribution in [1.29, 1.82) is 0 Å². The number of nitro benzene ring substituents is 1. The Bertz CT molecular complexity index is 1220. The maximum atomic E-state index is 12.8. The number of hydrogen-bond acceptors (Lipinski definition) is 6. The van der Waals surface area contributed by atoms with Crippen molar-refractivity contribution in [3.05, 3.63) is 82.4 Å². The van der Waals surface area contributed by atoms with Crippen molar-refractivity contribution in [2.24, 2.45) is 5.92 Å². The molecule has 1 fully saturated rings. The second-order valence-corrected chi connectivity index (χ2v) is 7.95. The zero-order valence-electron chi connectivity index (χ0n) is 18.7. The third kappa shape index (κ3) is 4.98. The van der Waals surface area contributed by atoms with Crippen LogP contribution in [0.2, 0.25) is 0 Å². The van der Waals surface area contributed by atoms with Gasteiger partial charge in [0.15, 0.2) is 0 Å². The fraction of sp³-hybridized carbons (Fsp3) is 0.200. The monoisotopic (exact) mass is 461 g/mol. The maximum Gasteiger partial charge on any atom is 0.273 e. The zero-order chi connectivity index (χ0) is 24.2. The number of hydrogen-bond donors (Lipinski definition) is 1. The van der Waals surface area contributed by atoms with E-state index in [4.69, 9.17) is 9.47 Å².